The molecule has 4 nitrogen and oxygen atoms in total. The average molecular weight is 344 g/mol. The molecule has 0 aliphatic carbocycles. The Balaban J connectivity index is 2.07. The highest BCUT2D eigenvalue weighted by molar-refractivity contribution is 5.92. The van der Waals surface area contributed by atoms with Gasteiger partial charge < -0.3 is 4.74 Å². The van der Waals surface area contributed by atoms with Crippen LogP contribution >= 0.6 is 0 Å². The van der Waals surface area contributed by atoms with E-state index in [0.717, 1.165) is 4.90 Å². The fourth-order valence-electron chi connectivity index (χ4n) is 2.90. The predicted molar refractivity (Wildman–Crippen MR) is 84.6 cm³/mol. The van der Waals surface area contributed by atoms with Gasteiger partial charge in [-0.05, 0) is 36.8 Å². The Kier molecular flexibility index (Phi) is 6.21. The third-order valence-corrected chi connectivity index (χ3v) is 4.19. The lowest BCUT2D eigenvalue weighted by molar-refractivity contribution is -0.134. The van der Waals surface area contributed by atoms with Crippen molar-refractivity contribution in [1.29, 1.82) is 0 Å². The van der Waals surface area contributed by atoms with Gasteiger partial charge in [-0.3, -0.25) is 9.69 Å². The van der Waals surface area contributed by atoms with Crippen LogP contribution in [0, 0.1) is 11.8 Å². The summed E-state index contributed by atoms with van der Waals surface area (Å²) in [6.45, 7) is 3.31. The van der Waals surface area contributed by atoms with Gasteiger partial charge in [-0.1, -0.05) is 19.9 Å². The van der Waals surface area contributed by atoms with Crippen molar-refractivity contribution in [2.45, 2.75) is 45.4 Å². The highest BCUT2D eigenvalue weighted by Crippen LogP contribution is 2.29. The first kappa shape index (κ1) is 18.7. The number of anilines is 1. The minimum Gasteiger partial charge on any atom is -0.378 e. The molecule has 0 aromatic carbocycles. The number of halogens is 3. The zero-order valence-corrected chi connectivity index (χ0v) is 13.9. The monoisotopic (exact) mass is 344 g/mol. The van der Waals surface area contributed by atoms with E-state index in [9.17, 15) is 18.0 Å². The number of hydrogen-bond donors (Lipinski definition) is 0. The second kappa shape index (κ2) is 7.96. The van der Waals surface area contributed by atoms with Gasteiger partial charge in [0.25, 0.3) is 0 Å². The average Bonchev–Trinajstić information content (AvgIpc) is 2.53. The van der Waals surface area contributed by atoms with Gasteiger partial charge in [0.2, 0.25) is 5.91 Å². The lowest BCUT2D eigenvalue weighted by Crippen LogP contribution is -2.41. The molecule has 1 saturated heterocycles. The van der Waals surface area contributed by atoms with Gasteiger partial charge >= 0.3 is 6.18 Å². The van der Waals surface area contributed by atoms with Crippen LogP contribution in [0.4, 0.5) is 19.0 Å². The van der Waals surface area contributed by atoms with E-state index >= 15 is 0 Å². The Morgan fingerprint density at radius 1 is 1.42 bits per heavy atom. The lowest BCUT2D eigenvalue weighted by Gasteiger charge is -2.33. The largest absolute Gasteiger partial charge is 0.406 e. The van der Waals surface area contributed by atoms with Gasteiger partial charge in [0.05, 0.1) is 6.10 Å². The van der Waals surface area contributed by atoms with Gasteiger partial charge in [0, 0.05) is 19.2 Å². The van der Waals surface area contributed by atoms with Crippen LogP contribution in [0.1, 0.15) is 33.1 Å². The van der Waals surface area contributed by atoms with E-state index in [0.29, 0.717) is 25.4 Å². The fraction of sp³-hybridized carbons (Fsp3) is 0.647. The van der Waals surface area contributed by atoms with E-state index in [4.69, 9.17) is 4.74 Å². The molecule has 0 unspecified atom stereocenters. The van der Waals surface area contributed by atoms with Gasteiger partial charge in [-0.25, -0.2) is 4.98 Å². The minimum absolute atomic E-state index is 0.0345. The summed E-state index contributed by atoms with van der Waals surface area (Å²) in [5, 5.41) is 0. The van der Waals surface area contributed by atoms with Crippen LogP contribution in [0.15, 0.2) is 24.4 Å². The summed E-state index contributed by atoms with van der Waals surface area (Å²) < 4.78 is 44.2. The Labute approximate surface area is 140 Å². The van der Waals surface area contributed by atoms with Crippen LogP contribution in [-0.4, -0.2) is 36.3 Å². The molecule has 1 aliphatic rings. The molecule has 7 heteroatoms. The number of aromatic nitrogens is 1. The molecule has 2 heterocycles. The molecule has 0 N–H and O–H groups in total. The first-order valence-corrected chi connectivity index (χ1v) is 8.16. The zero-order chi connectivity index (χ0) is 17.7. The van der Waals surface area contributed by atoms with Crippen molar-refractivity contribution in [2.24, 2.45) is 11.8 Å². The Hall–Kier alpha value is -1.63. The summed E-state index contributed by atoms with van der Waals surface area (Å²) in [6, 6.07) is 4.60. The van der Waals surface area contributed by atoms with Gasteiger partial charge in [0.15, 0.2) is 0 Å². The van der Waals surface area contributed by atoms with Gasteiger partial charge in [-0.15, -0.1) is 0 Å². The molecule has 2 rings (SSSR count). The van der Waals surface area contributed by atoms with E-state index in [1.807, 2.05) is 13.8 Å². The first-order valence-electron chi connectivity index (χ1n) is 8.16. The first-order chi connectivity index (χ1) is 11.3. The third-order valence-electron chi connectivity index (χ3n) is 4.19. The van der Waals surface area contributed by atoms with Crippen molar-refractivity contribution < 1.29 is 22.7 Å². The SMILES string of the molecule is CC(C)[C@@H]1C[C@@H](CC(=O)N(CC(F)(F)F)c2ccccn2)CCO1. The number of alkyl halides is 3. The maximum absolute atomic E-state index is 12.9. The normalized spacial score (nSPS) is 21.8. The lowest BCUT2D eigenvalue weighted by atomic mass is 9.88. The zero-order valence-electron chi connectivity index (χ0n) is 13.9. The quantitative estimate of drug-likeness (QED) is 0.815. The van der Waals surface area contributed by atoms with Crippen molar-refractivity contribution in [3.63, 3.8) is 0 Å². The summed E-state index contributed by atoms with van der Waals surface area (Å²) in [7, 11) is 0. The summed E-state index contributed by atoms with van der Waals surface area (Å²) in [5.41, 5.74) is 0. The van der Waals surface area contributed by atoms with Crippen molar-refractivity contribution >= 4 is 11.7 Å². The van der Waals surface area contributed by atoms with Crippen LogP contribution in [0.5, 0.6) is 0 Å². The number of pyridine rings is 1. The highest BCUT2D eigenvalue weighted by atomic mass is 19.4. The molecule has 1 aromatic rings. The molecule has 0 saturated carbocycles. The molecule has 2 atom stereocenters. The smallest absolute Gasteiger partial charge is 0.378 e. The van der Waals surface area contributed by atoms with Crippen LogP contribution in [0.25, 0.3) is 0 Å². The molecule has 24 heavy (non-hydrogen) atoms. The predicted octanol–water partition coefficient (Wildman–Crippen LogP) is 3.82. The number of carbonyl (C=O) groups is 1. The van der Waals surface area contributed by atoms with E-state index in [-0.39, 0.29) is 24.3 Å². The molecular weight excluding hydrogens is 321 g/mol. The highest BCUT2D eigenvalue weighted by Gasteiger charge is 2.35. The number of rotatable bonds is 5. The van der Waals surface area contributed by atoms with E-state index in [1.54, 1.807) is 12.1 Å². The molecule has 0 bridgehead atoms. The Morgan fingerprint density at radius 2 is 2.17 bits per heavy atom. The minimum atomic E-state index is -4.47. The number of ether oxygens (including phenoxy) is 1. The summed E-state index contributed by atoms with van der Waals surface area (Å²) >= 11 is 0. The summed E-state index contributed by atoms with van der Waals surface area (Å²) in [6.07, 6.45) is -1.55. The van der Waals surface area contributed by atoms with Crippen LogP contribution < -0.4 is 4.90 Å². The van der Waals surface area contributed by atoms with E-state index < -0.39 is 18.6 Å². The number of hydrogen-bond acceptors (Lipinski definition) is 3. The molecule has 1 aromatic heterocycles. The van der Waals surface area contributed by atoms with E-state index in [2.05, 4.69) is 4.98 Å². The topological polar surface area (TPSA) is 42.4 Å². The van der Waals surface area contributed by atoms with Gasteiger partial charge in [-0.2, -0.15) is 13.2 Å². The fourth-order valence-corrected chi connectivity index (χ4v) is 2.90. The Bertz CT molecular complexity index is 534. The summed E-state index contributed by atoms with van der Waals surface area (Å²) in [4.78, 5) is 17.1. The van der Waals surface area contributed by atoms with Gasteiger partial charge in [0.1, 0.15) is 12.4 Å². The number of amides is 1. The maximum Gasteiger partial charge on any atom is 0.406 e. The summed E-state index contributed by atoms with van der Waals surface area (Å²) in [5.74, 6) is -0.143. The molecule has 134 valence electrons. The van der Waals surface area contributed by atoms with Crippen molar-refractivity contribution in [3.05, 3.63) is 24.4 Å². The number of carbonyl (C=O) groups excluding carboxylic acids is 1. The maximum atomic E-state index is 12.9. The molecule has 0 spiro atoms. The second-order valence-corrected chi connectivity index (χ2v) is 6.53. The van der Waals surface area contributed by atoms with Crippen LogP contribution in [-0.2, 0) is 9.53 Å². The van der Waals surface area contributed by atoms with E-state index in [1.165, 1.54) is 12.3 Å². The Morgan fingerprint density at radius 3 is 2.75 bits per heavy atom. The van der Waals surface area contributed by atoms with Crippen molar-refractivity contribution in [3.8, 4) is 0 Å². The molecular formula is C17H23F3N2O2. The van der Waals surface area contributed by atoms with Crippen LogP contribution in [0.2, 0.25) is 0 Å². The van der Waals surface area contributed by atoms with Crippen LogP contribution in [0.3, 0.4) is 0 Å². The molecule has 0 radical (unpaired) electrons. The number of nitrogens with zero attached hydrogens (tertiary/aromatic N) is 2. The molecule has 1 amide bonds. The third kappa shape index (κ3) is 5.47. The van der Waals surface area contributed by atoms with Crippen molar-refractivity contribution in [1.82, 2.24) is 4.98 Å². The van der Waals surface area contributed by atoms with Crippen molar-refractivity contribution in [2.75, 3.05) is 18.1 Å². The molecule has 1 fully saturated rings. The second-order valence-electron chi connectivity index (χ2n) is 6.53. The standard InChI is InChI=1S/C17H23F3N2O2/c1-12(2)14-9-13(6-8-24-14)10-16(23)22(11-17(18,19)20)15-5-3-4-7-21-15/h3-5,7,12-14H,6,8-11H2,1-2H3/t13-,14-/m0/s1. The molecule has 1 aliphatic heterocycles.